The van der Waals surface area contributed by atoms with Gasteiger partial charge in [-0.1, -0.05) is 58.2 Å². The average Bonchev–Trinajstić information content (AvgIpc) is 3.33. The summed E-state index contributed by atoms with van der Waals surface area (Å²) in [4.78, 5) is 69.6. The van der Waals surface area contributed by atoms with E-state index in [1.807, 2.05) is 20.8 Å². The molecule has 47 heavy (non-hydrogen) atoms. The summed E-state index contributed by atoms with van der Waals surface area (Å²) in [6, 6.07) is 3.56. The minimum absolute atomic E-state index is 0.0376. The summed E-state index contributed by atoms with van der Waals surface area (Å²) < 4.78 is 20.2. The van der Waals surface area contributed by atoms with E-state index in [9.17, 15) is 33.5 Å². The number of hydrogen-bond acceptors (Lipinski definition) is 6. The smallest absolute Gasteiger partial charge is 0.410 e. The second-order valence-electron chi connectivity index (χ2n) is 14.8. The first kappa shape index (κ1) is 34.4. The predicted octanol–water partition coefficient (Wildman–Crippen LogP) is 4.14. The Bertz CT molecular complexity index is 1420. The Morgan fingerprint density at radius 2 is 1.87 bits per heavy atom. The number of ether oxygens (including phenoxy) is 1. The lowest BCUT2D eigenvalue weighted by atomic mass is 9.77. The van der Waals surface area contributed by atoms with E-state index in [1.54, 1.807) is 12.1 Å². The Balaban J connectivity index is 1.36. The quantitative estimate of drug-likeness (QED) is 0.322. The van der Waals surface area contributed by atoms with Crippen molar-refractivity contribution in [3.05, 3.63) is 47.8 Å². The molecule has 0 radical (unpaired) electrons. The molecule has 5 rings (SSSR count). The number of halogens is 1. The molecule has 1 aromatic rings. The third-order valence-corrected chi connectivity index (χ3v) is 10.1. The number of hydrogen-bond donors (Lipinski definition) is 3. The van der Waals surface area contributed by atoms with E-state index in [1.165, 1.54) is 21.9 Å². The zero-order valence-electron chi connectivity index (χ0n) is 27.6. The summed E-state index contributed by atoms with van der Waals surface area (Å²) >= 11 is 0. The molecule has 5 atom stereocenters. The molecule has 2 saturated carbocycles. The number of nitrogens with zero attached hydrogens (tertiary/aromatic N) is 2. The van der Waals surface area contributed by atoms with Crippen molar-refractivity contribution < 1.29 is 38.2 Å². The SMILES string of the molecule is C=C[C@@H]1C[C@@]1(NC(=O)[C@@H]1C[C@@H](OC(=O)N2Cc3cccc(F)c3C2)CN1C(=O)[C@@H](CC(=O)NCC(C)(C)C)C1CCCCC1)C(=O)O. The van der Waals surface area contributed by atoms with Crippen molar-refractivity contribution in [2.24, 2.45) is 23.2 Å². The van der Waals surface area contributed by atoms with Gasteiger partial charge in [-0.05, 0) is 42.2 Å². The Morgan fingerprint density at radius 3 is 2.49 bits per heavy atom. The largest absolute Gasteiger partial charge is 0.479 e. The van der Waals surface area contributed by atoms with E-state index in [0.29, 0.717) is 17.7 Å². The van der Waals surface area contributed by atoms with Gasteiger partial charge in [-0.15, -0.1) is 6.58 Å². The van der Waals surface area contributed by atoms with E-state index in [4.69, 9.17) is 4.74 Å². The highest BCUT2D eigenvalue weighted by atomic mass is 19.1. The van der Waals surface area contributed by atoms with Crippen LogP contribution in [0.2, 0.25) is 0 Å². The predicted molar refractivity (Wildman–Crippen MR) is 170 cm³/mol. The van der Waals surface area contributed by atoms with Gasteiger partial charge in [0.1, 0.15) is 23.5 Å². The first-order valence-electron chi connectivity index (χ1n) is 16.7. The van der Waals surface area contributed by atoms with Crippen molar-refractivity contribution in [2.45, 2.75) is 103 Å². The van der Waals surface area contributed by atoms with Gasteiger partial charge in [0.2, 0.25) is 17.7 Å². The Kier molecular flexibility index (Phi) is 9.98. The van der Waals surface area contributed by atoms with E-state index in [-0.39, 0.29) is 62.0 Å². The number of carboxylic acids is 1. The first-order chi connectivity index (χ1) is 22.2. The summed E-state index contributed by atoms with van der Waals surface area (Å²) in [6.45, 7) is 10.3. The van der Waals surface area contributed by atoms with E-state index in [2.05, 4.69) is 17.2 Å². The van der Waals surface area contributed by atoms with Crippen LogP contribution in [0.1, 0.15) is 83.3 Å². The van der Waals surface area contributed by atoms with Crippen molar-refractivity contribution in [1.29, 1.82) is 0 Å². The lowest BCUT2D eigenvalue weighted by Crippen LogP contribution is -2.54. The van der Waals surface area contributed by atoms with Crippen LogP contribution in [0.5, 0.6) is 0 Å². The molecular formula is C35H47FN4O7. The molecule has 0 aromatic heterocycles. The van der Waals surface area contributed by atoms with Crippen LogP contribution in [0.4, 0.5) is 9.18 Å². The fraction of sp³-hybridized carbons (Fsp3) is 0.629. The molecule has 256 valence electrons. The van der Waals surface area contributed by atoms with Gasteiger partial charge in [0, 0.05) is 43.3 Å². The van der Waals surface area contributed by atoms with Gasteiger partial charge in [0.15, 0.2) is 0 Å². The highest BCUT2D eigenvalue weighted by Gasteiger charge is 2.61. The Labute approximate surface area is 275 Å². The van der Waals surface area contributed by atoms with Crippen LogP contribution in [0, 0.1) is 29.0 Å². The van der Waals surface area contributed by atoms with Crippen molar-refractivity contribution in [2.75, 3.05) is 13.1 Å². The van der Waals surface area contributed by atoms with Crippen LogP contribution < -0.4 is 10.6 Å². The van der Waals surface area contributed by atoms with Gasteiger partial charge in [0.05, 0.1) is 13.1 Å². The summed E-state index contributed by atoms with van der Waals surface area (Å²) in [7, 11) is 0. The molecule has 3 fully saturated rings. The second-order valence-corrected chi connectivity index (χ2v) is 14.8. The fourth-order valence-corrected chi connectivity index (χ4v) is 7.26. The molecule has 12 heteroatoms. The summed E-state index contributed by atoms with van der Waals surface area (Å²) in [5, 5.41) is 15.5. The van der Waals surface area contributed by atoms with E-state index in [0.717, 1.165) is 32.1 Å². The molecule has 4 aliphatic rings. The number of rotatable bonds is 10. The number of fused-ring (bicyclic) bond motifs is 1. The molecule has 11 nitrogen and oxygen atoms in total. The number of benzene rings is 1. The lowest BCUT2D eigenvalue weighted by molar-refractivity contribution is -0.147. The first-order valence-corrected chi connectivity index (χ1v) is 16.7. The van der Waals surface area contributed by atoms with Gasteiger partial charge < -0.3 is 25.4 Å². The maximum atomic E-state index is 14.4. The van der Waals surface area contributed by atoms with Crippen molar-refractivity contribution >= 4 is 29.8 Å². The van der Waals surface area contributed by atoms with Crippen LogP contribution in [-0.4, -0.2) is 75.5 Å². The average molecular weight is 655 g/mol. The molecule has 1 aromatic carbocycles. The topological polar surface area (TPSA) is 145 Å². The zero-order chi connectivity index (χ0) is 34.1. The molecule has 0 unspecified atom stereocenters. The lowest BCUT2D eigenvalue weighted by Gasteiger charge is -2.34. The molecule has 1 saturated heterocycles. The maximum absolute atomic E-state index is 14.4. The monoisotopic (exact) mass is 654 g/mol. The summed E-state index contributed by atoms with van der Waals surface area (Å²) in [6.07, 6.45) is 4.51. The van der Waals surface area contributed by atoms with Crippen LogP contribution in [0.15, 0.2) is 30.9 Å². The molecule has 3 N–H and O–H groups in total. The number of carbonyl (C=O) groups is 5. The molecule has 2 heterocycles. The standard InChI is InChI=1S/C35H47FN4O7/c1-5-23-16-35(23,32(44)45)38-30(42)28-14-24(47-33(46)39-17-22-12-9-13-27(36)26(22)19-39)18-40(28)31(43)25(21-10-7-6-8-11-21)15-29(41)37-20-34(2,3)4/h5,9,12-13,21,23-25,28H,1,6-8,10-11,14-20H2,2-4H3,(H,37,41)(H,38,42)(H,44,45)/t23-,24-,25+,28+,35+/m1/s1. The number of nitrogens with one attached hydrogen (secondary N) is 2. The molecule has 2 aliphatic carbocycles. The van der Waals surface area contributed by atoms with Crippen molar-refractivity contribution in [3.63, 3.8) is 0 Å². The maximum Gasteiger partial charge on any atom is 0.410 e. The van der Waals surface area contributed by atoms with Crippen LogP contribution in [0.25, 0.3) is 0 Å². The molecular weight excluding hydrogens is 607 g/mol. The van der Waals surface area contributed by atoms with Gasteiger partial charge in [-0.3, -0.25) is 19.3 Å². The Morgan fingerprint density at radius 1 is 1.15 bits per heavy atom. The zero-order valence-corrected chi connectivity index (χ0v) is 27.6. The van der Waals surface area contributed by atoms with E-state index < -0.39 is 53.3 Å². The van der Waals surface area contributed by atoms with Crippen LogP contribution in [-0.2, 0) is 37.0 Å². The molecule has 4 amide bonds. The minimum Gasteiger partial charge on any atom is -0.479 e. The third kappa shape index (κ3) is 7.62. The number of carbonyl (C=O) groups excluding carboxylic acids is 4. The highest BCUT2D eigenvalue weighted by molar-refractivity contribution is 5.96. The van der Waals surface area contributed by atoms with Gasteiger partial charge >= 0.3 is 12.1 Å². The number of amides is 4. The molecule has 0 bridgehead atoms. The summed E-state index contributed by atoms with van der Waals surface area (Å²) in [5.41, 5.74) is -0.555. The van der Waals surface area contributed by atoms with Crippen molar-refractivity contribution in [1.82, 2.24) is 20.4 Å². The minimum atomic E-state index is -1.51. The fourth-order valence-electron chi connectivity index (χ4n) is 7.26. The highest BCUT2D eigenvalue weighted by Crippen LogP contribution is 2.45. The number of carboxylic acid groups (broad SMARTS) is 1. The normalized spacial score (nSPS) is 26.3. The van der Waals surface area contributed by atoms with Crippen LogP contribution >= 0.6 is 0 Å². The van der Waals surface area contributed by atoms with Crippen molar-refractivity contribution in [3.8, 4) is 0 Å². The van der Waals surface area contributed by atoms with Gasteiger partial charge in [0.25, 0.3) is 0 Å². The molecule has 2 aliphatic heterocycles. The van der Waals surface area contributed by atoms with Crippen LogP contribution in [0.3, 0.4) is 0 Å². The summed E-state index contributed by atoms with van der Waals surface area (Å²) in [5.74, 6) is -4.07. The number of aliphatic carboxylic acids is 1. The van der Waals surface area contributed by atoms with Gasteiger partial charge in [-0.2, -0.15) is 0 Å². The second kappa shape index (κ2) is 13.6. The third-order valence-electron chi connectivity index (χ3n) is 10.1. The van der Waals surface area contributed by atoms with E-state index >= 15 is 0 Å². The molecule has 0 spiro atoms. The Hall–Kier alpha value is -3.96. The number of likely N-dealkylation sites (tertiary alicyclic amines) is 1. The van der Waals surface area contributed by atoms with Gasteiger partial charge in [-0.25, -0.2) is 14.0 Å².